The molecule has 0 amide bonds. The van der Waals surface area contributed by atoms with Crippen LogP contribution in [0.5, 0.6) is 5.75 Å². The van der Waals surface area contributed by atoms with Gasteiger partial charge in [-0.2, -0.15) is 0 Å². The molecule has 0 aliphatic rings. The van der Waals surface area contributed by atoms with Crippen LogP contribution in [-0.4, -0.2) is 13.2 Å². The second-order valence-corrected chi connectivity index (χ2v) is 6.23. The Kier molecular flexibility index (Phi) is 5.65. The van der Waals surface area contributed by atoms with Crippen molar-refractivity contribution in [3.63, 3.8) is 0 Å². The summed E-state index contributed by atoms with van der Waals surface area (Å²) in [6, 6.07) is 3.73. The standard InChI is InChI=1S/C15H25ClN2O/c1-5-6-19-14-11(15(2,3)4)7-10(8-12(14)16)13(18)9-17/h7-8,13H,5-6,9,17-18H2,1-4H3. The van der Waals surface area contributed by atoms with E-state index in [1.165, 1.54) is 0 Å². The van der Waals surface area contributed by atoms with E-state index in [4.69, 9.17) is 27.8 Å². The second kappa shape index (κ2) is 6.60. The number of halogens is 1. The van der Waals surface area contributed by atoms with Crippen LogP contribution in [0.15, 0.2) is 12.1 Å². The fourth-order valence-corrected chi connectivity index (χ4v) is 2.15. The number of rotatable bonds is 5. The van der Waals surface area contributed by atoms with Gasteiger partial charge in [0.2, 0.25) is 0 Å². The van der Waals surface area contributed by atoms with E-state index in [0.29, 0.717) is 18.2 Å². The highest BCUT2D eigenvalue weighted by Crippen LogP contribution is 2.39. The third-order valence-electron chi connectivity index (χ3n) is 3.01. The van der Waals surface area contributed by atoms with Crippen LogP contribution in [0.4, 0.5) is 0 Å². The quantitative estimate of drug-likeness (QED) is 0.871. The Hall–Kier alpha value is -0.770. The second-order valence-electron chi connectivity index (χ2n) is 5.82. The zero-order valence-corrected chi connectivity index (χ0v) is 13.1. The fourth-order valence-electron chi connectivity index (χ4n) is 1.87. The van der Waals surface area contributed by atoms with E-state index in [2.05, 4.69) is 33.8 Å². The molecule has 0 bridgehead atoms. The molecule has 1 atom stereocenters. The highest BCUT2D eigenvalue weighted by Gasteiger charge is 2.23. The summed E-state index contributed by atoms with van der Waals surface area (Å²) in [6.45, 7) is 9.53. The predicted molar refractivity (Wildman–Crippen MR) is 81.9 cm³/mol. The van der Waals surface area contributed by atoms with Gasteiger partial charge < -0.3 is 16.2 Å². The van der Waals surface area contributed by atoms with Gasteiger partial charge in [0.05, 0.1) is 11.6 Å². The molecule has 0 aromatic heterocycles. The minimum Gasteiger partial charge on any atom is -0.492 e. The fraction of sp³-hybridized carbons (Fsp3) is 0.600. The molecule has 0 heterocycles. The largest absolute Gasteiger partial charge is 0.492 e. The summed E-state index contributed by atoms with van der Waals surface area (Å²) in [5.74, 6) is 0.768. The Morgan fingerprint density at radius 2 is 1.95 bits per heavy atom. The number of hydrogen-bond donors (Lipinski definition) is 2. The smallest absolute Gasteiger partial charge is 0.141 e. The molecule has 1 rings (SSSR count). The van der Waals surface area contributed by atoms with E-state index in [1.807, 2.05) is 6.07 Å². The molecule has 0 saturated heterocycles. The number of benzene rings is 1. The van der Waals surface area contributed by atoms with E-state index in [0.717, 1.165) is 23.3 Å². The van der Waals surface area contributed by atoms with Crippen molar-refractivity contribution in [3.05, 3.63) is 28.3 Å². The summed E-state index contributed by atoms with van der Waals surface area (Å²) in [7, 11) is 0. The van der Waals surface area contributed by atoms with Crippen LogP contribution in [0.25, 0.3) is 0 Å². The Morgan fingerprint density at radius 1 is 1.32 bits per heavy atom. The molecule has 0 aliphatic heterocycles. The number of nitrogens with two attached hydrogens (primary N) is 2. The first-order valence-electron chi connectivity index (χ1n) is 6.73. The summed E-state index contributed by atoms with van der Waals surface area (Å²) >= 11 is 6.36. The van der Waals surface area contributed by atoms with Gasteiger partial charge in [-0.25, -0.2) is 0 Å². The van der Waals surface area contributed by atoms with Crippen molar-refractivity contribution in [2.24, 2.45) is 11.5 Å². The Morgan fingerprint density at radius 3 is 2.42 bits per heavy atom. The first kappa shape index (κ1) is 16.3. The molecule has 3 nitrogen and oxygen atoms in total. The molecule has 0 radical (unpaired) electrons. The van der Waals surface area contributed by atoms with Crippen LogP contribution in [0.1, 0.15) is 51.3 Å². The molecular weight excluding hydrogens is 260 g/mol. The first-order valence-corrected chi connectivity index (χ1v) is 7.11. The van der Waals surface area contributed by atoms with Gasteiger partial charge in [0.25, 0.3) is 0 Å². The van der Waals surface area contributed by atoms with Crippen LogP contribution in [-0.2, 0) is 5.41 Å². The molecule has 108 valence electrons. The summed E-state index contributed by atoms with van der Waals surface area (Å²) < 4.78 is 5.81. The third kappa shape index (κ3) is 4.10. The van der Waals surface area contributed by atoms with Crippen LogP contribution < -0.4 is 16.2 Å². The van der Waals surface area contributed by atoms with Crippen LogP contribution in [0.2, 0.25) is 5.02 Å². The van der Waals surface area contributed by atoms with Gasteiger partial charge in [0.15, 0.2) is 0 Å². The van der Waals surface area contributed by atoms with Crippen molar-refractivity contribution in [3.8, 4) is 5.75 Å². The van der Waals surface area contributed by atoms with Crippen molar-refractivity contribution in [2.75, 3.05) is 13.2 Å². The van der Waals surface area contributed by atoms with Crippen molar-refractivity contribution in [2.45, 2.75) is 45.6 Å². The summed E-state index contributed by atoms with van der Waals surface area (Å²) in [4.78, 5) is 0. The average Bonchev–Trinajstić information content (AvgIpc) is 2.34. The zero-order valence-electron chi connectivity index (χ0n) is 12.3. The average molecular weight is 285 g/mol. The van der Waals surface area contributed by atoms with Crippen LogP contribution in [0, 0.1) is 0 Å². The summed E-state index contributed by atoms with van der Waals surface area (Å²) in [5, 5.41) is 0.611. The third-order valence-corrected chi connectivity index (χ3v) is 3.29. The van der Waals surface area contributed by atoms with Crippen molar-refractivity contribution in [1.29, 1.82) is 0 Å². The molecule has 0 fully saturated rings. The van der Waals surface area contributed by atoms with Gasteiger partial charge in [0, 0.05) is 18.2 Å². The SMILES string of the molecule is CCCOc1c(Cl)cc(C(N)CN)cc1C(C)(C)C. The zero-order chi connectivity index (χ0) is 14.6. The lowest BCUT2D eigenvalue weighted by Crippen LogP contribution is -2.22. The molecule has 1 aromatic rings. The van der Waals surface area contributed by atoms with Gasteiger partial charge in [0.1, 0.15) is 5.75 Å². The molecule has 0 aliphatic carbocycles. The van der Waals surface area contributed by atoms with E-state index in [-0.39, 0.29) is 11.5 Å². The maximum atomic E-state index is 6.36. The van der Waals surface area contributed by atoms with Gasteiger partial charge >= 0.3 is 0 Å². The topological polar surface area (TPSA) is 61.3 Å². The molecule has 4 N–H and O–H groups in total. The molecule has 0 saturated carbocycles. The lowest BCUT2D eigenvalue weighted by Gasteiger charge is -2.25. The Balaban J connectivity index is 3.30. The number of ether oxygens (including phenoxy) is 1. The molecule has 19 heavy (non-hydrogen) atoms. The van der Waals surface area contributed by atoms with Gasteiger partial charge in [-0.15, -0.1) is 0 Å². The Labute approximate surface area is 121 Å². The minimum atomic E-state index is -0.196. The predicted octanol–water partition coefficient (Wildman–Crippen LogP) is 3.38. The monoisotopic (exact) mass is 284 g/mol. The normalized spacial score (nSPS) is 13.4. The van der Waals surface area contributed by atoms with Crippen molar-refractivity contribution in [1.82, 2.24) is 0 Å². The highest BCUT2D eigenvalue weighted by molar-refractivity contribution is 6.32. The molecule has 1 unspecified atom stereocenters. The van der Waals surface area contributed by atoms with E-state index in [9.17, 15) is 0 Å². The first-order chi connectivity index (χ1) is 8.81. The van der Waals surface area contributed by atoms with Gasteiger partial charge in [-0.1, -0.05) is 39.3 Å². The van der Waals surface area contributed by atoms with Gasteiger partial charge in [-0.3, -0.25) is 0 Å². The number of hydrogen-bond acceptors (Lipinski definition) is 3. The molecular formula is C15H25ClN2O. The maximum Gasteiger partial charge on any atom is 0.141 e. The molecule has 1 aromatic carbocycles. The Bertz CT molecular complexity index is 427. The highest BCUT2D eigenvalue weighted by atomic mass is 35.5. The van der Waals surface area contributed by atoms with Gasteiger partial charge in [-0.05, 0) is 29.5 Å². The van der Waals surface area contributed by atoms with Crippen LogP contribution in [0.3, 0.4) is 0 Å². The van der Waals surface area contributed by atoms with Crippen molar-refractivity contribution < 1.29 is 4.74 Å². The van der Waals surface area contributed by atoms with E-state index >= 15 is 0 Å². The molecule has 0 spiro atoms. The lowest BCUT2D eigenvalue weighted by molar-refractivity contribution is 0.308. The molecule has 4 heteroatoms. The summed E-state index contributed by atoms with van der Waals surface area (Å²) in [5.41, 5.74) is 13.6. The van der Waals surface area contributed by atoms with E-state index < -0.39 is 0 Å². The minimum absolute atomic E-state index is 0.0585. The maximum absolute atomic E-state index is 6.36. The van der Waals surface area contributed by atoms with Crippen molar-refractivity contribution >= 4 is 11.6 Å². The summed E-state index contributed by atoms with van der Waals surface area (Å²) in [6.07, 6.45) is 0.948. The van der Waals surface area contributed by atoms with Crippen LogP contribution >= 0.6 is 11.6 Å². The lowest BCUT2D eigenvalue weighted by atomic mass is 9.84. The van der Waals surface area contributed by atoms with E-state index in [1.54, 1.807) is 0 Å².